The molecule has 2 rings (SSSR count). The maximum absolute atomic E-state index is 13.5. The van der Waals surface area contributed by atoms with E-state index in [1.807, 2.05) is 24.3 Å². The van der Waals surface area contributed by atoms with Crippen LogP contribution >= 0.6 is 27.5 Å². The second-order valence-electron chi connectivity index (χ2n) is 3.79. The van der Waals surface area contributed by atoms with Crippen molar-refractivity contribution < 1.29 is 13.9 Å². The number of hydrogen-bond donors (Lipinski definition) is 0. The highest BCUT2D eigenvalue weighted by atomic mass is 79.9. The van der Waals surface area contributed by atoms with Gasteiger partial charge in [0.2, 0.25) is 0 Å². The van der Waals surface area contributed by atoms with Crippen molar-refractivity contribution >= 4 is 33.5 Å². The van der Waals surface area contributed by atoms with Gasteiger partial charge in [0, 0.05) is 15.1 Å². The summed E-state index contributed by atoms with van der Waals surface area (Å²) >= 11 is 9.06. The van der Waals surface area contributed by atoms with Crippen molar-refractivity contribution in [2.75, 3.05) is 0 Å². The molecule has 0 amide bonds. The van der Waals surface area contributed by atoms with Gasteiger partial charge >= 0.3 is 5.97 Å². The third-order valence-electron chi connectivity index (χ3n) is 2.46. The summed E-state index contributed by atoms with van der Waals surface area (Å²) in [5.74, 6) is -1.39. The van der Waals surface area contributed by atoms with Crippen molar-refractivity contribution in [1.29, 1.82) is 0 Å². The molecule has 2 nitrogen and oxygen atoms in total. The van der Waals surface area contributed by atoms with Crippen LogP contribution in [-0.2, 0) is 11.3 Å². The van der Waals surface area contributed by atoms with E-state index >= 15 is 0 Å². The molecule has 0 aliphatic rings. The van der Waals surface area contributed by atoms with Crippen molar-refractivity contribution in [3.63, 3.8) is 0 Å². The lowest BCUT2D eigenvalue weighted by Crippen LogP contribution is -2.07. The normalized spacial score (nSPS) is 10.3. The molecule has 0 fully saturated rings. The monoisotopic (exact) mass is 342 g/mol. The fourth-order valence-corrected chi connectivity index (χ4v) is 2.06. The molecule has 2 aromatic rings. The Bertz CT molecular complexity index is 616. The van der Waals surface area contributed by atoms with Gasteiger partial charge in [-0.25, -0.2) is 9.18 Å². The van der Waals surface area contributed by atoms with Crippen LogP contribution in [0.1, 0.15) is 15.9 Å². The summed E-state index contributed by atoms with van der Waals surface area (Å²) in [6.45, 7) is 0.0617. The first-order chi connectivity index (χ1) is 9.08. The lowest BCUT2D eigenvalue weighted by Gasteiger charge is -2.07. The SMILES string of the molecule is O=C(OCc1ccccc1Br)c1cc(Cl)ccc1F. The molecule has 19 heavy (non-hydrogen) atoms. The van der Waals surface area contributed by atoms with E-state index in [1.54, 1.807) is 0 Å². The van der Waals surface area contributed by atoms with E-state index in [0.717, 1.165) is 16.1 Å². The van der Waals surface area contributed by atoms with E-state index < -0.39 is 11.8 Å². The summed E-state index contributed by atoms with van der Waals surface area (Å²) in [4.78, 5) is 11.8. The molecule has 0 unspecified atom stereocenters. The van der Waals surface area contributed by atoms with Gasteiger partial charge in [0.15, 0.2) is 0 Å². The maximum Gasteiger partial charge on any atom is 0.341 e. The average Bonchev–Trinajstić information content (AvgIpc) is 2.40. The second kappa shape index (κ2) is 6.17. The molecule has 0 heterocycles. The van der Waals surface area contributed by atoms with E-state index in [-0.39, 0.29) is 17.2 Å². The van der Waals surface area contributed by atoms with Gasteiger partial charge < -0.3 is 4.74 Å². The van der Waals surface area contributed by atoms with E-state index in [9.17, 15) is 9.18 Å². The van der Waals surface area contributed by atoms with Gasteiger partial charge in [-0.15, -0.1) is 0 Å². The quantitative estimate of drug-likeness (QED) is 0.761. The van der Waals surface area contributed by atoms with Crippen LogP contribution in [0.5, 0.6) is 0 Å². The van der Waals surface area contributed by atoms with Crippen molar-refractivity contribution in [2.24, 2.45) is 0 Å². The van der Waals surface area contributed by atoms with Gasteiger partial charge in [-0.05, 0) is 24.3 Å². The summed E-state index contributed by atoms with van der Waals surface area (Å²) in [7, 11) is 0. The van der Waals surface area contributed by atoms with E-state index in [2.05, 4.69) is 15.9 Å². The Morgan fingerprint density at radius 2 is 2.00 bits per heavy atom. The number of carbonyl (C=O) groups excluding carboxylic acids is 1. The smallest absolute Gasteiger partial charge is 0.341 e. The van der Waals surface area contributed by atoms with E-state index in [4.69, 9.17) is 16.3 Å². The molecular weight excluding hydrogens is 335 g/mol. The van der Waals surface area contributed by atoms with E-state index in [0.29, 0.717) is 0 Å². The highest BCUT2D eigenvalue weighted by molar-refractivity contribution is 9.10. The Labute approximate surface area is 123 Å². The van der Waals surface area contributed by atoms with Crippen LogP contribution < -0.4 is 0 Å². The van der Waals surface area contributed by atoms with Gasteiger partial charge in [0.05, 0.1) is 5.56 Å². The number of carbonyl (C=O) groups is 1. The molecule has 0 aliphatic heterocycles. The fourth-order valence-electron chi connectivity index (χ4n) is 1.49. The first-order valence-electron chi connectivity index (χ1n) is 5.43. The minimum Gasteiger partial charge on any atom is -0.457 e. The Kier molecular flexibility index (Phi) is 4.56. The van der Waals surface area contributed by atoms with Crippen LogP contribution in [-0.4, -0.2) is 5.97 Å². The van der Waals surface area contributed by atoms with Gasteiger partial charge in [-0.1, -0.05) is 45.7 Å². The van der Waals surface area contributed by atoms with Crippen molar-refractivity contribution in [3.8, 4) is 0 Å². The molecule has 5 heteroatoms. The second-order valence-corrected chi connectivity index (χ2v) is 5.08. The molecule has 0 aromatic heterocycles. The van der Waals surface area contributed by atoms with Crippen molar-refractivity contribution in [1.82, 2.24) is 0 Å². The predicted molar refractivity (Wildman–Crippen MR) is 74.7 cm³/mol. The van der Waals surface area contributed by atoms with Gasteiger partial charge in [0.1, 0.15) is 12.4 Å². The lowest BCUT2D eigenvalue weighted by atomic mass is 10.2. The summed E-state index contributed by atoms with van der Waals surface area (Å²) in [6, 6.07) is 11.1. The Morgan fingerprint density at radius 1 is 1.26 bits per heavy atom. The maximum atomic E-state index is 13.5. The number of benzene rings is 2. The highest BCUT2D eigenvalue weighted by Gasteiger charge is 2.14. The molecule has 0 N–H and O–H groups in total. The predicted octanol–water partition coefficient (Wildman–Crippen LogP) is 4.60. The van der Waals surface area contributed by atoms with Crippen LogP contribution in [0.3, 0.4) is 0 Å². The minimum atomic E-state index is -0.740. The van der Waals surface area contributed by atoms with Crippen LogP contribution in [0, 0.1) is 5.82 Å². The molecule has 0 saturated heterocycles. The summed E-state index contributed by atoms with van der Waals surface area (Å²) in [5.41, 5.74) is 0.637. The van der Waals surface area contributed by atoms with Crippen LogP contribution in [0.4, 0.5) is 4.39 Å². The molecule has 0 saturated carbocycles. The number of hydrogen-bond acceptors (Lipinski definition) is 2. The summed E-state index contributed by atoms with van der Waals surface area (Å²) in [5, 5.41) is 0.286. The molecule has 0 radical (unpaired) electrons. The molecular formula is C14H9BrClFO2. The van der Waals surface area contributed by atoms with Gasteiger partial charge in [-0.3, -0.25) is 0 Å². The average molecular weight is 344 g/mol. The van der Waals surface area contributed by atoms with Crippen molar-refractivity contribution in [3.05, 3.63) is 68.9 Å². The molecule has 0 bridgehead atoms. The highest BCUT2D eigenvalue weighted by Crippen LogP contribution is 2.19. The molecule has 2 aromatic carbocycles. The van der Waals surface area contributed by atoms with Gasteiger partial charge in [-0.2, -0.15) is 0 Å². The number of rotatable bonds is 3. The molecule has 98 valence electrons. The standard InChI is InChI=1S/C14H9BrClFO2/c15-12-4-2-1-3-9(12)8-19-14(18)11-7-10(16)5-6-13(11)17/h1-7H,8H2. The summed E-state index contributed by atoms with van der Waals surface area (Å²) < 4.78 is 19.3. The zero-order chi connectivity index (χ0) is 13.8. The topological polar surface area (TPSA) is 26.3 Å². The first kappa shape index (κ1) is 14.0. The van der Waals surface area contributed by atoms with E-state index in [1.165, 1.54) is 12.1 Å². The number of ether oxygens (including phenoxy) is 1. The zero-order valence-corrected chi connectivity index (χ0v) is 12.0. The van der Waals surface area contributed by atoms with Crippen LogP contribution in [0.2, 0.25) is 5.02 Å². The fraction of sp³-hybridized carbons (Fsp3) is 0.0714. The van der Waals surface area contributed by atoms with Gasteiger partial charge in [0.25, 0.3) is 0 Å². The Hall–Kier alpha value is -1.39. The van der Waals surface area contributed by atoms with Crippen LogP contribution in [0.25, 0.3) is 0 Å². The molecule has 0 atom stereocenters. The molecule has 0 aliphatic carbocycles. The Balaban J connectivity index is 2.10. The number of esters is 1. The third kappa shape index (κ3) is 3.55. The summed E-state index contributed by atoms with van der Waals surface area (Å²) in [6.07, 6.45) is 0. The lowest BCUT2D eigenvalue weighted by molar-refractivity contribution is 0.0466. The largest absolute Gasteiger partial charge is 0.457 e. The van der Waals surface area contributed by atoms with Crippen LogP contribution in [0.15, 0.2) is 46.9 Å². The zero-order valence-electron chi connectivity index (χ0n) is 9.70. The molecule has 0 spiro atoms. The number of halogens is 3. The first-order valence-corrected chi connectivity index (χ1v) is 6.60. The Morgan fingerprint density at radius 3 is 2.74 bits per heavy atom. The van der Waals surface area contributed by atoms with Crippen molar-refractivity contribution in [2.45, 2.75) is 6.61 Å². The third-order valence-corrected chi connectivity index (χ3v) is 3.47. The minimum absolute atomic E-state index is 0.0617.